The number of esters is 1. The van der Waals surface area contributed by atoms with Crippen molar-refractivity contribution in [1.29, 1.82) is 0 Å². The first kappa shape index (κ1) is 46.6. The number of carboxylic acids is 4. The van der Waals surface area contributed by atoms with Gasteiger partial charge in [-0.3, -0.25) is 4.90 Å². The number of benzene rings is 3. The van der Waals surface area contributed by atoms with Crippen LogP contribution in [0.1, 0.15) is 33.5 Å². The number of halogens is 1. The SMILES string of the molecule is COc1cc(C(=O)OCCN2CCN(CC/C=C3/c4ccccc4CSc4ccc(Cl)cc43)CC2)cc(OC)c1OC.O=C(O)/C=C\C(=O)O.O=C(O)/C=C\C(=O)O. The van der Waals surface area contributed by atoms with Crippen molar-refractivity contribution in [3.63, 3.8) is 0 Å². The van der Waals surface area contributed by atoms with Crippen molar-refractivity contribution in [2.24, 2.45) is 0 Å². The molecule has 15 nitrogen and oxygen atoms in total. The van der Waals surface area contributed by atoms with Crippen LogP contribution in [-0.4, -0.2) is 127 Å². The van der Waals surface area contributed by atoms with Gasteiger partial charge in [-0.2, -0.15) is 0 Å². The molecule has 0 radical (unpaired) electrons. The molecule has 58 heavy (non-hydrogen) atoms. The lowest BCUT2D eigenvalue weighted by Crippen LogP contribution is -2.47. The van der Waals surface area contributed by atoms with Crippen LogP contribution in [0.4, 0.5) is 0 Å². The van der Waals surface area contributed by atoms with Gasteiger partial charge in [0.05, 0.1) is 26.9 Å². The fourth-order valence-electron chi connectivity index (χ4n) is 5.73. The van der Waals surface area contributed by atoms with Crippen LogP contribution in [0.3, 0.4) is 0 Å². The van der Waals surface area contributed by atoms with Gasteiger partial charge in [-0.05, 0) is 59.0 Å². The summed E-state index contributed by atoms with van der Waals surface area (Å²) in [5.74, 6) is -3.20. The molecule has 0 spiro atoms. The van der Waals surface area contributed by atoms with E-state index in [1.165, 1.54) is 48.5 Å². The summed E-state index contributed by atoms with van der Waals surface area (Å²) in [6.07, 6.45) is 5.58. The third-order valence-corrected chi connectivity index (χ3v) is 9.82. The predicted octanol–water partition coefficient (Wildman–Crippen LogP) is 5.69. The summed E-state index contributed by atoms with van der Waals surface area (Å²) in [6.45, 7) is 5.86. The normalized spacial score (nSPS) is 14.4. The highest BCUT2D eigenvalue weighted by atomic mass is 35.5. The second-order valence-electron chi connectivity index (χ2n) is 12.2. The van der Waals surface area contributed by atoms with E-state index in [1.54, 1.807) is 12.1 Å². The molecule has 0 atom stereocenters. The maximum absolute atomic E-state index is 12.7. The average Bonchev–Trinajstić information content (AvgIpc) is 3.36. The summed E-state index contributed by atoms with van der Waals surface area (Å²) < 4.78 is 21.6. The lowest BCUT2D eigenvalue weighted by atomic mass is 9.93. The molecule has 3 aromatic carbocycles. The van der Waals surface area contributed by atoms with Crippen LogP contribution < -0.4 is 14.2 Å². The smallest absolute Gasteiger partial charge is 0.338 e. The number of aliphatic carboxylic acids is 4. The summed E-state index contributed by atoms with van der Waals surface area (Å²) in [4.78, 5) is 57.0. The summed E-state index contributed by atoms with van der Waals surface area (Å²) in [6, 6.07) is 18.1. The van der Waals surface area contributed by atoms with Crippen LogP contribution in [0.5, 0.6) is 17.2 Å². The van der Waals surface area contributed by atoms with E-state index in [2.05, 4.69) is 52.3 Å². The second-order valence-corrected chi connectivity index (χ2v) is 13.7. The molecule has 5 rings (SSSR count). The van der Waals surface area contributed by atoms with E-state index in [9.17, 15) is 24.0 Å². The number of hydrogen-bond acceptors (Lipinski definition) is 12. The Bertz CT molecular complexity index is 1920. The van der Waals surface area contributed by atoms with E-state index in [-0.39, 0.29) is 0 Å². The molecule has 0 bridgehead atoms. The molecule has 0 amide bonds. The van der Waals surface area contributed by atoms with Crippen LogP contribution in [0.25, 0.3) is 5.57 Å². The number of nitrogens with zero attached hydrogens (tertiary/aromatic N) is 2. The standard InChI is InChI=1S/C33H37ClN2O5S.2C4H4O4/c1-38-29-19-24(20-30(39-2)32(29)40-3)33(37)41-18-17-36-15-13-35(14-16-36)12-6-9-27-26-8-5-4-7-23(26)22-42-31-11-10-25(34)21-28(27)31;2*5-3(6)1-2-4(7)8/h4-5,7-11,19-21H,6,12-18,22H2,1-3H3;2*1-2H,(H,5,6)(H,7,8)/b27-9-;2*2-1-. The van der Waals surface area contributed by atoms with E-state index in [4.69, 9.17) is 51.0 Å². The monoisotopic (exact) mass is 840 g/mol. The first-order chi connectivity index (χ1) is 27.8. The quantitative estimate of drug-likeness (QED) is 0.113. The fraction of sp³-hybridized carbons (Fsp3) is 0.293. The molecule has 0 aliphatic carbocycles. The second kappa shape index (κ2) is 24.1. The molecule has 2 aliphatic rings. The topological polar surface area (TPSA) is 210 Å². The first-order valence-corrected chi connectivity index (χ1v) is 19.0. The summed E-state index contributed by atoms with van der Waals surface area (Å²) >= 11 is 8.30. The third kappa shape index (κ3) is 15.3. The van der Waals surface area contributed by atoms with Crippen LogP contribution in [0.15, 0.2) is 89.9 Å². The molecule has 1 saturated heterocycles. The first-order valence-electron chi connectivity index (χ1n) is 17.7. The Balaban J connectivity index is 0.000000473. The van der Waals surface area contributed by atoms with Gasteiger partial charge >= 0.3 is 29.8 Å². The molecule has 0 unspecified atom stereocenters. The van der Waals surface area contributed by atoms with Gasteiger partial charge in [-0.25, -0.2) is 24.0 Å². The molecular weight excluding hydrogens is 796 g/mol. The van der Waals surface area contributed by atoms with Gasteiger partial charge in [0, 0.05) is 79.2 Å². The van der Waals surface area contributed by atoms with Gasteiger partial charge < -0.3 is 44.3 Å². The Kier molecular flexibility index (Phi) is 19.3. The minimum atomic E-state index is -1.26. The molecule has 0 saturated carbocycles. The zero-order chi connectivity index (χ0) is 42.6. The molecule has 2 aliphatic heterocycles. The van der Waals surface area contributed by atoms with Crippen molar-refractivity contribution in [1.82, 2.24) is 9.80 Å². The summed E-state index contributed by atoms with van der Waals surface area (Å²) in [7, 11) is 4.57. The van der Waals surface area contributed by atoms with Crippen LogP contribution in [-0.2, 0) is 29.7 Å². The number of hydrogen-bond donors (Lipinski definition) is 4. The van der Waals surface area contributed by atoms with Gasteiger partial charge in [0.1, 0.15) is 6.61 Å². The van der Waals surface area contributed by atoms with Gasteiger partial charge in [-0.15, -0.1) is 11.8 Å². The Morgan fingerprint density at radius 2 is 1.24 bits per heavy atom. The Morgan fingerprint density at radius 3 is 1.76 bits per heavy atom. The number of carboxylic acid groups (broad SMARTS) is 4. The van der Waals surface area contributed by atoms with E-state index in [0.29, 0.717) is 60.3 Å². The molecular formula is C41H45ClN2O13S. The number of fused-ring (bicyclic) bond motifs is 2. The number of thioether (sulfide) groups is 1. The number of ether oxygens (including phenoxy) is 4. The van der Waals surface area contributed by atoms with Crippen molar-refractivity contribution < 1.29 is 63.3 Å². The van der Waals surface area contributed by atoms with Crippen LogP contribution >= 0.6 is 23.4 Å². The Labute approximate surface area is 344 Å². The van der Waals surface area contributed by atoms with E-state index >= 15 is 0 Å². The molecule has 0 aromatic heterocycles. The molecule has 3 aromatic rings. The molecule has 1 fully saturated rings. The van der Waals surface area contributed by atoms with Gasteiger partial charge in [0.15, 0.2) is 11.5 Å². The van der Waals surface area contributed by atoms with E-state index < -0.39 is 29.8 Å². The van der Waals surface area contributed by atoms with E-state index in [1.807, 2.05) is 17.8 Å². The van der Waals surface area contributed by atoms with Crippen molar-refractivity contribution in [3.8, 4) is 17.2 Å². The highest BCUT2D eigenvalue weighted by Crippen LogP contribution is 2.41. The summed E-state index contributed by atoms with van der Waals surface area (Å²) in [5, 5.41) is 32.0. The number of piperazine rings is 1. The van der Waals surface area contributed by atoms with Crippen LogP contribution in [0, 0.1) is 0 Å². The Hall–Kier alpha value is -5.81. The molecule has 17 heteroatoms. The largest absolute Gasteiger partial charge is 0.493 e. The number of carbonyl (C=O) groups is 5. The zero-order valence-electron chi connectivity index (χ0n) is 32.1. The van der Waals surface area contributed by atoms with Crippen molar-refractivity contribution in [3.05, 3.63) is 112 Å². The van der Waals surface area contributed by atoms with Gasteiger partial charge in [0.2, 0.25) is 5.75 Å². The van der Waals surface area contributed by atoms with E-state index in [0.717, 1.165) is 49.9 Å². The number of methoxy groups -OCH3 is 3. The predicted molar refractivity (Wildman–Crippen MR) is 217 cm³/mol. The van der Waals surface area contributed by atoms with Crippen molar-refractivity contribution in [2.75, 3.05) is 67.2 Å². The van der Waals surface area contributed by atoms with Crippen molar-refractivity contribution >= 4 is 58.8 Å². The number of carbonyl (C=O) groups excluding carboxylic acids is 1. The lowest BCUT2D eigenvalue weighted by molar-refractivity contribution is -0.134. The Morgan fingerprint density at radius 1 is 0.707 bits per heavy atom. The summed E-state index contributed by atoms with van der Waals surface area (Å²) in [5.41, 5.74) is 5.53. The third-order valence-electron chi connectivity index (χ3n) is 8.46. The van der Waals surface area contributed by atoms with Gasteiger partial charge in [0.25, 0.3) is 0 Å². The molecule has 310 valence electrons. The maximum atomic E-state index is 12.7. The van der Waals surface area contributed by atoms with Crippen molar-refractivity contribution in [2.45, 2.75) is 17.1 Å². The number of rotatable bonds is 14. The lowest BCUT2D eigenvalue weighted by Gasteiger charge is -2.34. The average molecular weight is 841 g/mol. The minimum Gasteiger partial charge on any atom is -0.493 e. The molecule has 4 N–H and O–H groups in total. The maximum Gasteiger partial charge on any atom is 0.338 e. The van der Waals surface area contributed by atoms with Crippen LogP contribution in [0.2, 0.25) is 5.02 Å². The molecule has 2 heterocycles. The highest BCUT2D eigenvalue weighted by Gasteiger charge is 2.21. The fourth-order valence-corrected chi connectivity index (χ4v) is 6.95. The minimum absolute atomic E-state index is 0.320. The zero-order valence-corrected chi connectivity index (χ0v) is 33.7. The highest BCUT2D eigenvalue weighted by molar-refractivity contribution is 7.98. The van der Waals surface area contributed by atoms with Gasteiger partial charge in [-0.1, -0.05) is 41.9 Å².